The first-order chi connectivity index (χ1) is 6.36. The number of allylic oxidation sites excluding steroid dienone is 2. The molecule has 0 spiro atoms. The number of carbonyl (C=O) groups is 1. The Kier molecular flexibility index (Phi) is 1.00. The van der Waals surface area contributed by atoms with Gasteiger partial charge in [0.1, 0.15) is 5.78 Å². The van der Waals surface area contributed by atoms with Crippen LogP contribution in [0.5, 0.6) is 0 Å². The van der Waals surface area contributed by atoms with Gasteiger partial charge in [0, 0.05) is 12.3 Å². The van der Waals surface area contributed by atoms with Crippen LogP contribution in [0.25, 0.3) is 0 Å². The van der Waals surface area contributed by atoms with Gasteiger partial charge in [0.25, 0.3) is 0 Å². The van der Waals surface area contributed by atoms with Crippen molar-refractivity contribution in [1.82, 2.24) is 0 Å². The van der Waals surface area contributed by atoms with Gasteiger partial charge in [0.05, 0.1) is 0 Å². The van der Waals surface area contributed by atoms with Crippen molar-refractivity contribution < 1.29 is 4.79 Å². The van der Waals surface area contributed by atoms with Crippen molar-refractivity contribution in [3.8, 4) is 0 Å². The first-order valence-corrected chi connectivity index (χ1v) is 5.57. The fourth-order valence-corrected chi connectivity index (χ4v) is 4.33. The van der Waals surface area contributed by atoms with Gasteiger partial charge in [-0.15, -0.1) is 0 Å². The molecule has 3 saturated carbocycles. The molecule has 1 nitrogen and oxygen atoms in total. The van der Waals surface area contributed by atoms with Gasteiger partial charge in [-0.2, -0.15) is 0 Å². The normalized spacial score (nSPS) is 60.8. The quantitative estimate of drug-likeness (QED) is 0.513. The van der Waals surface area contributed by atoms with E-state index < -0.39 is 0 Å². The fourth-order valence-electron chi connectivity index (χ4n) is 4.33. The van der Waals surface area contributed by atoms with E-state index in [1.165, 1.54) is 12.8 Å². The molecular formula is C12H14O. The van der Waals surface area contributed by atoms with Gasteiger partial charge in [-0.05, 0) is 42.4 Å². The number of ketones is 1. The molecule has 0 aromatic rings. The molecule has 68 valence electrons. The van der Waals surface area contributed by atoms with Crippen molar-refractivity contribution in [1.29, 1.82) is 0 Å². The van der Waals surface area contributed by atoms with Crippen LogP contribution in [-0.4, -0.2) is 5.78 Å². The molecule has 0 saturated heterocycles. The monoisotopic (exact) mass is 174 g/mol. The molecule has 13 heavy (non-hydrogen) atoms. The second-order valence-electron chi connectivity index (χ2n) is 5.30. The third-order valence-electron chi connectivity index (χ3n) is 4.90. The summed E-state index contributed by atoms with van der Waals surface area (Å²) in [5.74, 6) is 5.15. The van der Waals surface area contributed by atoms with Gasteiger partial charge in [0.2, 0.25) is 0 Å². The zero-order valence-corrected chi connectivity index (χ0v) is 7.65. The third kappa shape index (κ3) is 0.651. The molecule has 5 aliphatic rings. The van der Waals surface area contributed by atoms with Crippen molar-refractivity contribution in [2.45, 2.75) is 19.3 Å². The molecule has 2 bridgehead atoms. The molecule has 0 heterocycles. The molecule has 1 heteroatoms. The summed E-state index contributed by atoms with van der Waals surface area (Å²) in [5, 5.41) is 0. The molecule has 5 rings (SSSR count). The molecule has 0 N–H and O–H groups in total. The lowest BCUT2D eigenvalue weighted by Crippen LogP contribution is -2.38. The van der Waals surface area contributed by atoms with Gasteiger partial charge < -0.3 is 0 Å². The Labute approximate surface area is 78.2 Å². The van der Waals surface area contributed by atoms with Crippen molar-refractivity contribution in [2.75, 3.05) is 0 Å². The average Bonchev–Trinajstić information content (AvgIpc) is 2.88. The molecule has 0 amide bonds. The van der Waals surface area contributed by atoms with Gasteiger partial charge in [0.15, 0.2) is 0 Å². The van der Waals surface area contributed by atoms with Gasteiger partial charge in [-0.25, -0.2) is 0 Å². The number of rotatable bonds is 0. The van der Waals surface area contributed by atoms with Crippen LogP contribution in [0.3, 0.4) is 0 Å². The molecule has 0 aromatic heterocycles. The Balaban J connectivity index is 1.85. The lowest BCUT2D eigenvalue weighted by molar-refractivity contribution is -0.123. The van der Waals surface area contributed by atoms with E-state index in [-0.39, 0.29) is 0 Å². The summed E-state index contributed by atoms with van der Waals surface area (Å²) >= 11 is 0. The highest BCUT2D eigenvalue weighted by Crippen LogP contribution is 2.66. The maximum absolute atomic E-state index is 11.7. The van der Waals surface area contributed by atoms with Gasteiger partial charge in [-0.1, -0.05) is 12.2 Å². The second-order valence-corrected chi connectivity index (χ2v) is 5.30. The maximum Gasteiger partial charge on any atom is 0.136 e. The van der Waals surface area contributed by atoms with Crippen molar-refractivity contribution in [3.05, 3.63) is 12.2 Å². The summed E-state index contributed by atoms with van der Waals surface area (Å²) in [6, 6.07) is 0. The minimum atomic E-state index is 0.457. The fraction of sp³-hybridized carbons (Fsp3) is 0.750. The first kappa shape index (κ1) is 6.80. The second kappa shape index (κ2) is 1.92. The molecule has 6 atom stereocenters. The minimum absolute atomic E-state index is 0.457. The van der Waals surface area contributed by atoms with Gasteiger partial charge in [-0.3, -0.25) is 4.79 Å². The van der Waals surface area contributed by atoms with E-state index in [0.717, 1.165) is 30.1 Å². The third-order valence-corrected chi connectivity index (χ3v) is 4.90. The standard InChI is InChI=1S/C12H14O/c13-11-4-3-7-6-1-2-8(12(7)11)10-5-9(6)10/h1-2,6-10,12H,3-5H2/t6-,7+,8-,9-,10+,12+/m1/s1. The topological polar surface area (TPSA) is 17.1 Å². The molecular weight excluding hydrogens is 160 g/mol. The van der Waals surface area contributed by atoms with Crippen LogP contribution >= 0.6 is 0 Å². The van der Waals surface area contributed by atoms with E-state index in [9.17, 15) is 4.79 Å². The molecule has 3 fully saturated rings. The van der Waals surface area contributed by atoms with E-state index >= 15 is 0 Å². The van der Waals surface area contributed by atoms with E-state index in [0.29, 0.717) is 17.6 Å². The predicted octanol–water partition coefficient (Wildman–Crippen LogP) is 2.03. The van der Waals surface area contributed by atoms with E-state index in [1.54, 1.807) is 0 Å². The number of hydrogen-bond acceptors (Lipinski definition) is 1. The number of Topliss-reactive ketones (excluding diaryl/α,β-unsaturated/α-hetero) is 1. The van der Waals surface area contributed by atoms with Crippen LogP contribution < -0.4 is 0 Å². The molecule has 0 aromatic carbocycles. The maximum atomic E-state index is 11.7. The average molecular weight is 174 g/mol. The zero-order valence-electron chi connectivity index (χ0n) is 7.65. The Bertz CT molecular complexity index is 317. The van der Waals surface area contributed by atoms with Crippen LogP contribution in [-0.2, 0) is 4.79 Å². The summed E-state index contributed by atoms with van der Waals surface area (Å²) in [6.45, 7) is 0. The summed E-state index contributed by atoms with van der Waals surface area (Å²) in [6.07, 6.45) is 8.28. The summed E-state index contributed by atoms with van der Waals surface area (Å²) < 4.78 is 0. The van der Waals surface area contributed by atoms with Crippen LogP contribution in [0, 0.1) is 35.5 Å². The van der Waals surface area contributed by atoms with Gasteiger partial charge >= 0.3 is 0 Å². The smallest absolute Gasteiger partial charge is 0.136 e. The van der Waals surface area contributed by atoms with Crippen molar-refractivity contribution in [2.24, 2.45) is 35.5 Å². The first-order valence-electron chi connectivity index (χ1n) is 5.57. The zero-order chi connectivity index (χ0) is 8.58. The molecule has 0 radical (unpaired) electrons. The van der Waals surface area contributed by atoms with Crippen molar-refractivity contribution in [3.63, 3.8) is 0 Å². The summed E-state index contributed by atoms with van der Waals surface area (Å²) in [5.41, 5.74) is 0. The predicted molar refractivity (Wildman–Crippen MR) is 48.9 cm³/mol. The Morgan fingerprint density at radius 3 is 2.77 bits per heavy atom. The highest BCUT2D eigenvalue weighted by Gasteiger charge is 2.62. The van der Waals surface area contributed by atoms with E-state index in [2.05, 4.69) is 12.2 Å². The highest BCUT2D eigenvalue weighted by molar-refractivity contribution is 5.84. The van der Waals surface area contributed by atoms with E-state index in [1.807, 2.05) is 0 Å². The molecule has 0 aliphatic heterocycles. The Morgan fingerprint density at radius 1 is 1.08 bits per heavy atom. The highest BCUT2D eigenvalue weighted by atomic mass is 16.1. The van der Waals surface area contributed by atoms with Crippen LogP contribution in [0.15, 0.2) is 12.2 Å². The number of hydrogen-bond donors (Lipinski definition) is 0. The van der Waals surface area contributed by atoms with E-state index in [4.69, 9.17) is 0 Å². The lowest BCUT2D eigenvalue weighted by Gasteiger charge is -2.40. The van der Waals surface area contributed by atoms with Crippen LogP contribution in [0.2, 0.25) is 0 Å². The van der Waals surface area contributed by atoms with Crippen LogP contribution in [0.4, 0.5) is 0 Å². The Hall–Kier alpha value is -0.590. The molecule has 5 aliphatic carbocycles. The largest absolute Gasteiger partial charge is 0.299 e. The molecule has 0 unspecified atom stereocenters. The summed E-state index contributed by atoms with van der Waals surface area (Å²) in [4.78, 5) is 11.7. The Morgan fingerprint density at radius 2 is 1.85 bits per heavy atom. The van der Waals surface area contributed by atoms with Crippen molar-refractivity contribution >= 4 is 5.78 Å². The summed E-state index contributed by atoms with van der Waals surface area (Å²) in [7, 11) is 0. The minimum Gasteiger partial charge on any atom is -0.299 e. The SMILES string of the molecule is O=C1CC[C@H]2[C@H]3C=C[C@H]([C@@H]4C[C@H]34)[C@@H]12. The number of carbonyl (C=O) groups excluding carboxylic acids is 1. The lowest BCUT2D eigenvalue weighted by atomic mass is 9.63. The van der Waals surface area contributed by atoms with Crippen LogP contribution in [0.1, 0.15) is 19.3 Å².